The summed E-state index contributed by atoms with van der Waals surface area (Å²) in [5.41, 5.74) is 0.540. The van der Waals surface area contributed by atoms with Gasteiger partial charge in [0.15, 0.2) is 0 Å². The minimum Gasteiger partial charge on any atom is -0.487 e. The van der Waals surface area contributed by atoms with Crippen molar-refractivity contribution < 1.29 is 4.74 Å². The first-order valence-electron chi connectivity index (χ1n) is 5.28. The molecule has 94 valence electrons. The lowest BCUT2D eigenvalue weighted by molar-refractivity contribution is 0.193. The monoisotopic (exact) mass is 264 g/mol. The number of benzene rings is 1. The molecule has 0 unspecified atom stereocenters. The number of ether oxygens (including phenoxy) is 1. The molecule has 1 aromatic carbocycles. The number of nitrogens with zero attached hydrogens (tertiary/aromatic N) is 4. The summed E-state index contributed by atoms with van der Waals surface area (Å²) >= 11 is 0. The molecule has 0 saturated heterocycles. The highest BCUT2D eigenvalue weighted by Crippen LogP contribution is 2.18. The molecule has 0 spiro atoms. The van der Waals surface area contributed by atoms with Gasteiger partial charge in [-0.15, -0.1) is 12.4 Å². The van der Waals surface area contributed by atoms with Gasteiger partial charge in [0.05, 0.1) is 12.1 Å². The predicted molar refractivity (Wildman–Crippen MR) is 68.5 cm³/mol. The fraction of sp³-hybridized carbons (Fsp3) is 0.250. The van der Waals surface area contributed by atoms with Crippen molar-refractivity contribution in [1.82, 2.24) is 14.8 Å². The van der Waals surface area contributed by atoms with Gasteiger partial charge < -0.3 is 4.74 Å². The van der Waals surface area contributed by atoms with E-state index in [-0.39, 0.29) is 18.5 Å². The van der Waals surface area contributed by atoms with Gasteiger partial charge in [-0.05, 0) is 19.1 Å². The highest BCUT2D eigenvalue weighted by Gasteiger charge is 2.08. The molecule has 0 amide bonds. The summed E-state index contributed by atoms with van der Waals surface area (Å²) in [7, 11) is 0. The summed E-state index contributed by atoms with van der Waals surface area (Å²) < 4.78 is 7.39. The van der Waals surface area contributed by atoms with E-state index in [1.165, 1.54) is 6.33 Å². The van der Waals surface area contributed by atoms with Crippen LogP contribution in [0.2, 0.25) is 0 Å². The van der Waals surface area contributed by atoms with Gasteiger partial charge >= 0.3 is 0 Å². The summed E-state index contributed by atoms with van der Waals surface area (Å²) in [4.78, 5) is 3.86. The molecule has 5 nitrogen and oxygen atoms in total. The SMILES string of the molecule is C[C@@H](Cn1cncn1)Oc1ccccc1C#N.Cl. The number of hydrogen-bond acceptors (Lipinski definition) is 4. The van der Waals surface area contributed by atoms with Gasteiger partial charge in [0.2, 0.25) is 0 Å². The Morgan fingerprint density at radius 2 is 2.22 bits per heavy atom. The van der Waals surface area contributed by atoms with Crippen molar-refractivity contribution in [2.24, 2.45) is 0 Å². The van der Waals surface area contributed by atoms with Crippen molar-refractivity contribution in [2.75, 3.05) is 0 Å². The lowest BCUT2D eigenvalue weighted by Crippen LogP contribution is -2.20. The lowest BCUT2D eigenvalue weighted by atomic mass is 10.2. The maximum absolute atomic E-state index is 8.93. The number of halogens is 1. The van der Waals surface area contributed by atoms with E-state index in [2.05, 4.69) is 16.2 Å². The van der Waals surface area contributed by atoms with Crippen molar-refractivity contribution in [3.8, 4) is 11.8 Å². The zero-order valence-corrected chi connectivity index (χ0v) is 10.7. The largest absolute Gasteiger partial charge is 0.487 e. The van der Waals surface area contributed by atoms with Crippen LogP contribution in [0.15, 0.2) is 36.9 Å². The van der Waals surface area contributed by atoms with Crippen LogP contribution in [0.4, 0.5) is 0 Å². The molecule has 1 aromatic heterocycles. The van der Waals surface area contributed by atoms with E-state index in [1.807, 2.05) is 19.1 Å². The zero-order valence-electron chi connectivity index (χ0n) is 9.85. The zero-order chi connectivity index (χ0) is 12.1. The van der Waals surface area contributed by atoms with E-state index >= 15 is 0 Å². The molecule has 2 rings (SSSR count). The smallest absolute Gasteiger partial charge is 0.137 e. The molecule has 18 heavy (non-hydrogen) atoms. The van der Waals surface area contributed by atoms with E-state index in [4.69, 9.17) is 10.00 Å². The van der Waals surface area contributed by atoms with Gasteiger partial charge in [0.25, 0.3) is 0 Å². The topological polar surface area (TPSA) is 63.7 Å². The molecule has 0 aliphatic rings. The molecule has 0 fully saturated rings. The van der Waals surface area contributed by atoms with Crippen LogP contribution < -0.4 is 4.74 Å². The van der Waals surface area contributed by atoms with Crippen LogP contribution in [-0.2, 0) is 6.54 Å². The molecular weight excluding hydrogens is 252 g/mol. The van der Waals surface area contributed by atoms with Crippen LogP contribution in [0.5, 0.6) is 5.75 Å². The summed E-state index contributed by atoms with van der Waals surface area (Å²) in [5, 5.41) is 12.9. The highest BCUT2D eigenvalue weighted by molar-refractivity contribution is 5.85. The Morgan fingerprint density at radius 1 is 1.44 bits per heavy atom. The van der Waals surface area contributed by atoms with Crippen LogP contribution in [-0.4, -0.2) is 20.9 Å². The Balaban J connectivity index is 0.00000162. The van der Waals surface area contributed by atoms with Crippen molar-refractivity contribution in [3.63, 3.8) is 0 Å². The van der Waals surface area contributed by atoms with Crippen molar-refractivity contribution in [3.05, 3.63) is 42.5 Å². The molecular formula is C12H13ClN4O. The maximum atomic E-state index is 8.93. The Morgan fingerprint density at radius 3 is 2.89 bits per heavy atom. The van der Waals surface area contributed by atoms with Crippen LogP contribution in [0.1, 0.15) is 12.5 Å². The van der Waals surface area contributed by atoms with E-state index < -0.39 is 0 Å². The number of para-hydroxylation sites is 1. The fourth-order valence-corrected chi connectivity index (χ4v) is 1.51. The molecule has 0 radical (unpaired) electrons. The van der Waals surface area contributed by atoms with E-state index in [0.29, 0.717) is 17.9 Å². The molecule has 6 heteroatoms. The van der Waals surface area contributed by atoms with Crippen LogP contribution in [0.3, 0.4) is 0 Å². The number of aromatic nitrogens is 3. The quantitative estimate of drug-likeness (QED) is 0.848. The fourth-order valence-electron chi connectivity index (χ4n) is 1.51. The van der Waals surface area contributed by atoms with Crippen LogP contribution in [0.25, 0.3) is 0 Å². The Hall–Kier alpha value is -2.06. The van der Waals surface area contributed by atoms with Crippen molar-refractivity contribution in [1.29, 1.82) is 5.26 Å². The third-order valence-electron chi connectivity index (χ3n) is 2.25. The predicted octanol–water partition coefficient (Wildman–Crippen LogP) is 2.04. The first kappa shape index (κ1) is 14.0. The molecule has 1 heterocycles. The van der Waals surface area contributed by atoms with Gasteiger partial charge in [-0.1, -0.05) is 12.1 Å². The van der Waals surface area contributed by atoms with E-state index in [1.54, 1.807) is 23.1 Å². The van der Waals surface area contributed by atoms with Gasteiger partial charge in [-0.25, -0.2) is 9.67 Å². The van der Waals surface area contributed by atoms with Crippen molar-refractivity contribution in [2.45, 2.75) is 19.6 Å². The molecule has 0 aliphatic heterocycles. The Labute approximate surface area is 111 Å². The van der Waals surface area contributed by atoms with Crippen LogP contribution >= 0.6 is 12.4 Å². The van der Waals surface area contributed by atoms with Crippen molar-refractivity contribution >= 4 is 12.4 Å². The number of nitriles is 1. The molecule has 0 aliphatic carbocycles. The second-order valence-electron chi connectivity index (χ2n) is 3.65. The van der Waals surface area contributed by atoms with Gasteiger partial charge in [0.1, 0.15) is 30.6 Å². The Bertz CT molecular complexity index is 521. The average molecular weight is 265 g/mol. The summed E-state index contributed by atoms with van der Waals surface area (Å²) in [6.45, 7) is 2.52. The maximum Gasteiger partial charge on any atom is 0.137 e. The molecule has 2 aromatic rings. The van der Waals surface area contributed by atoms with E-state index in [9.17, 15) is 0 Å². The Kier molecular flexibility index (Phi) is 5.15. The average Bonchev–Trinajstić information content (AvgIpc) is 2.82. The van der Waals surface area contributed by atoms with Gasteiger partial charge in [-0.2, -0.15) is 10.4 Å². The molecule has 0 N–H and O–H groups in total. The third kappa shape index (κ3) is 3.47. The molecule has 0 saturated carbocycles. The number of hydrogen-bond donors (Lipinski definition) is 0. The molecule has 0 bridgehead atoms. The summed E-state index contributed by atoms with van der Waals surface area (Å²) in [6, 6.07) is 9.28. The second kappa shape index (κ2) is 6.62. The van der Waals surface area contributed by atoms with Crippen LogP contribution in [0, 0.1) is 11.3 Å². The third-order valence-corrected chi connectivity index (χ3v) is 2.25. The second-order valence-corrected chi connectivity index (χ2v) is 3.65. The minimum absolute atomic E-state index is 0. The first-order valence-corrected chi connectivity index (χ1v) is 5.28. The summed E-state index contributed by atoms with van der Waals surface area (Å²) in [6.07, 6.45) is 3.04. The summed E-state index contributed by atoms with van der Waals surface area (Å²) in [5.74, 6) is 0.600. The first-order chi connectivity index (χ1) is 8.29. The minimum atomic E-state index is -0.0776. The lowest BCUT2D eigenvalue weighted by Gasteiger charge is -2.15. The van der Waals surface area contributed by atoms with Gasteiger partial charge in [0, 0.05) is 0 Å². The van der Waals surface area contributed by atoms with Gasteiger partial charge in [-0.3, -0.25) is 0 Å². The standard InChI is InChI=1S/C12H12N4O.ClH/c1-10(7-16-9-14-8-15-16)17-12-5-3-2-4-11(12)6-13;/h2-5,8-10H,7H2,1H3;1H/t10-;/m0./s1. The number of rotatable bonds is 4. The molecule has 1 atom stereocenters. The highest BCUT2D eigenvalue weighted by atomic mass is 35.5. The van der Waals surface area contributed by atoms with E-state index in [0.717, 1.165) is 0 Å². The normalized spacial score (nSPS) is 11.1.